The summed E-state index contributed by atoms with van der Waals surface area (Å²) in [5, 5.41) is 11.3. The minimum atomic E-state index is -3.71. The summed E-state index contributed by atoms with van der Waals surface area (Å²) < 4.78 is 28.2. The number of aromatic nitrogens is 1. The lowest BCUT2D eigenvalue weighted by molar-refractivity contribution is 0.463. The number of sulfonamides is 1. The van der Waals surface area contributed by atoms with Crippen LogP contribution < -0.4 is 15.8 Å². The van der Waals surface area contributed by atoms with Crippen LogP contribution in [0.5, 0.6) is 0 Å². The summed E-state index contributed by atoms with van der Waals surface area (Å²) in [6, 6.07) is 6.43. The van der Waals surface area contributed by atoms with E-state index in [1.807, 2.05) is 13.8 Å². The number of halogens is 1. The Bertz CT molecular complexity index is 829. The molecule has 2 rings (SSSR count). The number of nitrogens with zero attached hydrogens (tertiary/aromatic N) is 2. The Morgan fingerprint density at radius 1 is 1.28 bits per heavy atom. The molecule has 1 heterocycles. The van der Waals surface area contributed by atoms with Gasteiger partial charge in [0.05, 0.1) is 17.1 Å². The highest BCUT2D eigenvalue weighted by Crippen LogP contribution is 2.10. The van der Waals surface area contributed by atoms with Gasteiger partial charge in [-0.2, -0.15) is 0 Å². The zero-order valence-electron chi connectivity index (χ0n) is 14.2. The highest BCUT2D eigenvalue weighted by Gasteiger charge is 2.09. The lowest BCUT2D eigenvalue weighted by Crippen LogP contribution is -2.36. The number of nitrogens with two attached hydrogens (primary N) is 1. The Balaban J connectivity index is 0.00000312. The van der Waals surface area contributed by atoms with Crippen molar-refractivity contribution < 1.29 is 12.8 Å². The van der Waals surface area contributed by atoms with E-state index in [1.165, 1.54) is 12.1 Å². The van der Waals surface area contributed by atoms with E-state index < -0.39 is 10.0 Å². The maximum Gasteiger partial charge on any atom is 0.238 e. The molecule has 0 atom stereocenters. The third-order valence-electron chi connectivity index (χ3n) is 3.39. The van der Waals surface area contributed by atoms with Crippen LogP contribution in [0.25, 0.3) is 0 Å². The fourth-order valence-corrected chi connectivity index (χ4v) is 2.60. The van der Waals surface area contributed by atoms with E-state index in [4.69, 9.17) is 9.56 Å². The minimum Gasteiger partial charge on any atom is -0.444 e. The fourth-order valence-electron chi connectivity index (χ4n) is 2.01. The van der Waals surface area contributed by atoms with Crippen LogP contribution in [0.3, 0.4) is 0 Å². The van der Waals surface area contributed by atoms with Crippen molar-refractivity contribution in [2.75, 3.05) is 7.05 Å². The summed E-state index contributed by atoms with van der Waals surface area (Å²) in [7, 11) is -2.07. The Hall–Kier alpha value is -1.66. The molecule has 0 aliphatic carbocycles. The van der Waals surface area contributed by atoms with Crippen LogP contribution >= 0.6 is 24.0 Å². The average Bonchev–Trinajstić information content (AvgIpc) is 2.85. The molecule has 0 spiro atoms. The highest BCUT2D eigenvalue weighted by molar-refractivity contribution is 14.0. The van der Waals surface area contributed by atoms with Crippen molar-refractivity contribution in [2.45, 2.75) is 31.8 Å². The molecule has 10 heteroatoms. The minimum absolute atomic E-state index is 0. The van der Waals surface area contributed by atoms with Gasteiger partial charge in [0.25, 0.3) is 0 Å². The number of benzene rings is 1. The molecule has 8 nitrogen and oxygen atoms in total. The number of nitrogens with one attached hydrogen (secondary N) is 2. The number of hydrogen-bond acceptors (Lipinski definition) is 5. The van der Waals surface area contributed by atoms with Crippen LogP contribution in [0.4, 0.5) is 0 Å². The van der Waals surface area contributed by atoms with Crippen LogP contribution in [-0.2, 0) is 23.1 Å². The topological polar surface area (TPSA) is 123 Å². The average molecular weight is 479 g/mol. The summed E-state index contributed by atoms with van der Waals surface area (Å²) in [5.41, 5.74) is 1.63. The van der Waals surface area contributed by atoms with Crippen molar-refractivity contribution in [2.24, 2.45) is 10.1 Å². The zero-order valence-corrected chi connectivity index (χ0v) is 17.4. The normalized spacial score (nSPS) is 11.8. The van der Waals surface area contributed by atoms with Crippen molar-refractivity contribution in [1.82, 2.24) is 15.6 Å². The number of oxazole rings is 1. The van der Waals surface area contributed by atoms with Crippen molar-refractivity contribution in [3.63, 3.8) is 0 Å². The van der Waals surface area contributed by atoms with Gasteiger partial charge in [-0.25, -0.2) is 18.5 Å². The first kappa shape index (κ1) is 21.4. The van der Waals surface area contributed by atoms with E-state index in [0.29, 0.717) is 24.9 Å². The summed E-state index contributed by atoms with van der Waals surface area (Å²) in [6.07, 6.45) is 0. The molecular weight excluding hydrogens is 457 g/mol. The van der Waals surface area contributed by atoms with Crippen LogP contribution in [0.1, 0.15) is 22.9 Å². The number of hydrogen-bond donors (Lipinski definition) is 3. The quantitative estimate of drug-likeness (QED) is 0.339. The van der Waals surface area contributed by atoms with Gasteiger partial charge >= 0.3 is 0 Å². The SMILES string of the molecule is CN=C(NCc1cccc(S(N)(=O)=O)c1)NCc1nc(C)c(C)o1.I. The molecule has 138 valence electrons. The van der Waals surface area contributed by atoms with Gasteiger partial charge < -0.3 is 15.1 Å². The molecule has 0 radical (unpaired) electrons. The largest absolute Gasteiger partial charge is 0.444 e. The van der Waals surface area contributed by atoms with Gasteiger partial charge in [-0.15, -0.1) is 24.0 Å². The number of primary sulfonamides is 1. The number of guanidine groups is 1. The van der Waals surface area contributed by atoms with E-state index in [-0.39, 0.29) is 28.9 Å². The van der Waals surface area contributed by atoms with Gasteiger partial charge in [-0.05, 0) is 31.5 Å². The van der Waals surface area contributed by atoms with Gasteiger partial charge in [0.15, 0.2) is 5.96 Å². The second-order valence-corrected chi connectivity index (χ2v) is 6.78. The van der Waals surface area contributed by atoms with Crippen molar-refractivity contribution >= 4 is 40.0 Å². The van der Waals surface area contributed by atoms with Gasteiger partial charge in [0.1, 0.15) is 5.76 Å². The Kier molecular flexibility index (Phi) is 7.83. The molecule has 25 heavy (non-hydrogen) atoms. The number of aryl methyl sites for hydroxylation is 2. The first-order valence-electron chi connectivity index (χ1n) is 7.29. The standard InChI is InChI=1S/C15H21N5O3S.HI/c1-10-11(2)23-14(20-10)9-19-15(17-3)18-8-12-5-4-6-13(7-12)24(16,21)22;/h4-7H,8-9H2,1-3H3,(H2,16,21,22)(H2,17,18,19);1H. The molecule has 2 aromatic rings. The molecule has 0 aliphatic rings. The van der Waals surface area contributed by atoms with Gasteiger partial charge in [-0.3, -0.25) is 4.99 Å². The van der Waals surface area contributed by atoms with E-state index >= 15 is 0 Å². The molecular formula is C15H22IN5O3S. The Morgan fingerprint density at radius 3 is 2.52 bits per heavy atom. The van der Waals surface area contributed by atoms with Crippen LogP contribution in [-0.4, -0.2) is 26.4 Å². The molecule has 1 aromatic heterocycles. The first-order valence-corrected chi connectivity index (χ1v) is 8.83. The summed E-state index contributed by atoms with van der Waals surface area (Å²) in [6.45, 7) is 4.53. The maximum absolute atomic E-state index is 11.4. The smallest absolute Gasteiger partial charge is 0.238 e. The van der Waals surface area contributed by atoms with Crippen molar-refractivity contribution in [3.05, 3.63) is 47.2 Å². The summed E-state index contributed by atoms with van der Waals surface area (Å²) >= 11 is 0. The summed E-state index contributed by atoms with van der Waals surface area (Å²) in [5.74, 6) is 1.91. The molecule has 0 saturated heterocycles. The zero-order chi connectivity index (χ0) is 17.7. The molecule has 0 bridgehead atoms. The molecule has 0 fully saturated rings. The second-order valence-electron chi connectivity index (χ2n) is 5.22. The van der Waals surface area contributed by atoms with Gasteiger partial charge in [0, 0.05) is 13.6 Å². The monoisotopic (exact) mass is 479 g/mol. The molecule has 0 amide bonds. The van der Waals surface area contributed by atoms with Crippen molar-refractivity contribution in [1.29, 1.82) is 0 Å². The highest BCUT2D eigenvalue weighted by atomic mass is 127. The van der Waals surface area contributed by atoms with E-state index in [1.54, 1.807) is 19.2 Å². The molecule has 0 saturated carbocycles. The third-order valence-corrected chi connectivity index (χ3v) is 4.30. The predicted octanol–water partition coefficient (Wildman–Crippen LogP) is 1.42. The number of aliphatic imine (C=N–C) groups is 1. The Morgan fingerprint density at radius 2 is 1.96 bits per heavy atom. The number of rotatable bonds is 5. The van der Waals surface area contributed by atoms with Gasteiger partial charge in [0.2, 0.25) is 15.9 Å². The Labute approximate surface area is 164 Å². The second kappa shape index (κ2) is 9.15. The van der Waals surface area contributed by atoms with Crippen molar-refractivity contribution in [3.8, 4) is 0 Å². The molecule has 0 unspecified atom stereocenters. The van der Waals surface area contributed by atoms with E-state index in [0.717, 1.165) is 17.0 Å². The fraction of sp³-hybridized carbons (Fsp3) is 0.333. The third kappa shape index (κ3) is 6.29. The van der Waals surface area contributed by atoms with Crippen LogP contribution in [0.2, 0.25) is 0 Å². The molecule has 1 aromatic carbocycles. The maximum atomic E-state index is 11.4. The summed E-state index contributed by atoms with van der Waals surface area (Å²) in [4.78, 5) is 8.46. The first-order chi connectivity index (χ1) is 11.3. The van der Waals surface area contributed by atoms with Crippen LogP contribution in [0, 0.1) is 13.8 Å². The van der Waals surface area contributed by atoms with E-state index in [9.17, 15) is 8.42 Å². The lowest BCUT2D eigenvalue weighted by Gasteiger charge is -2.11. The molecule has 0 aliphatic heterocycles. The lowest BCUT2D eigenvalue weighted by atomic mass is 10.2. The molecule has 4 N–H and O–H groups in total. The predicted molar refractivity (Wildman–Crippen MR) is 106 cm³/mol. The van der Waals surface area contributed by atoms with Crippen LogP contribution in [0.15, 0.2) is 38.6 Å². The van der Waals surface area contributed by atoms with Gasteiger partial charge in [-0.1, -0.05) is 12.1 Å². The van der Waals surface area contributed by atoms with E-state index in [2.05, 4.69) is 20.6 Å².